The van der Waals surface area contributed by atoms with Crippen LogP contribution >= 0.6 is 0 Å². The molecule has 2 aliphatic heterocycles. The van der Waals surface area contributed by atoms with Gasteiger partial charge in [0.05, 0.1) is 13.2 Å². The molecule has 0 spiro atoms. The lowest BCUT2D eigenvalue weighted by atomic mass is 9.74. The molecule has 2 heterocycles. The summed E-state index contributed by atoms with van der Waals surface area (Å²) in [6.45, 7) is 1.27. The van der Waals surface area contributed by atoms with Crippen LogP contribution in [0, 0.1) is 0 Å². The number of rotatable bonds is 1. The quantitative estimate of drug-likeness (QED) is 0.826. The molecule has 108 valence electrons. The molecular formula is C16H21NO3. The molecule has 20 heavy (non-hydrogen) atoms. The minimum atomic E-state index is -0.307. The van der Waals surface area contributed by atoms with Crippen molar-refractivity contribution in [1.82, 2.24) is 0 Å². The number of nitrogens with two attached hydrogens (primary N) is 1. The zero-order chi connectivity index (χ0) is 13.7. The molecule has 1 fully saturated rings. The Bertz CT molecular complexity index is 526. The van der Waals surface area contributed by atoms with Crippen molar-refractivity contribution in [3.63, 3.8) is 0 Å². The van der Waals surface area contributed by atoms with Crippen LogP contribution in [0.25, 0.3) is 0 Å². The number of phenols is 1. The lowest BCUT2D eigenvalue weighted by Gasteiger charge is -2.36. The number of hydrogen-bond acceptors (Lipinski definition) is 4. The summed E-state index contributed by atoms with van der Waals surface area (Å²) in [5.74, 6) is 1.81. The third kappa shape index (κ3) is 1.57. The third-order valence-corrected chi connectivity index (χ3v) is 5.02. The van der Waals surface area contributed by atoms with Gasteiger partial charge in [0.2, 0.25) is 0 Å². The second kappa shape index (κ2) is 4.29. The van der Waals surface area contributed by atoms with Gasteiger partial charge in [0.1, 0.15) is 5.75 Å². The van der Waals surface area contributed by atoms with Crippen LogP contribution in [0.1, 0.15) is 48.8 Å². The van der Waals surface area contributed by atoms with E-state index in [1.54, 1.807) is 0 Å². The largest absolute Gasteiger partial charge is 0.504 e. The van der Waals surface area contributed by atoms with Crippen molar-refractivity contribution in [1.29, 1.82) is 0 Å². The van der Waals surface area contributed by atoms with Crippen molar-refractivity contribution in [3.05, 3.63) is 16.7 Å². The van der Waals surface area contributed by atoms with Gasteiger partial charge < -0.3 is 20.3 Å². The molecule has 0 saturated heterocycles. The minimum Gasteiger partial charge on any atom is -0.504 e. The fourth-order valence-electron chi connectivity index (χ4n) is 4.04. The molecule has 4 rings (SSSR count). The average molecular weight is 275 g/mol. The number of phenolic OH excluding ortho intramolecular Hbond substituents is 1. The highest BCUT2D eigenvalue weighted by Gasteiger charge is 2.41. The Hall–Kier alpha value is -1.42. The topological polar surface area (TPSA) is 64.7 Å². The van der Waals surface area contributed by atoms with Crippen LogP contribution in [0.15, 0.2) is 0 Å². The van der Waals surface area contributed by atoms with E-state index in [1.165, 1.54) is 19.3 Å². The lowest BCUT2D eigenvalue weighted by Crippen LogP contribution is -2.39. The maximum absolute atomic E-state index is 10.4. The van der Waals surface area contributed by atoms with E-state index < -0.39 is 0 Å². The summed E-state index contributed by atoms with van der Waals surface area (Å²) >= 11 is 0. The Labute approximate surface area is 118 Å². The molecule has 0 unspecified atom stereocenters. The van der Waals surface area contributed by atoms with Gasteiger partial charge in [-0.05, 0) is 12.8 Å². The molecule has 0 atom stereocenters. The van der Waals surface area contributed by atoms with Gasteiger partial charge in [-0.3, -0.25) is 0 Å². The fraction of sp³-hybridized carbons (Fsp3) is 0.625. The first-order chi connectivity index (χ1) is 9.71. The van der Waals surface area contributed by atoms with Gasteiger partial charge in [-0.2, -0.15) is 0 Å². The van der Waals surface area contributed by atoms with Crippen LogP contribution in [-0.2, 0) is 18.4 Å². The first kappa shape index (κ1) is 12.3. The van der Waals surface area contributed by atoms with Crippen LogP contribution in [0.5, 0.6) is 17.2 Å². The number of aromatic hydroxyl groups is 1. The Kier molecular flexibility index (Phi) is 2.64. The summed E-state index contributed by atoms with van der Waals surface area (Å²) in [4.78, 5) is 0. The predicted molar refractivity (Wildman–Crippen MR) is 75.5 cm³/mol. The van der Waals surface area contributed by atoms with E-state index in [0.717, 1.165) is 48.1 Å². The summed E-state index contributed by atoms with van der Waals surface area (Å²) < 4.78 is 11.5. The van der Waals surface area contributed by atoms with Gasteiger partial charge >= 0.3 is 0 Å². The van der Waals surface area contributed by atoms with Crippen molar-refractivity contribution >= 4 is 0 Å². The zero-order valence-electron chi connectivity index (χ0n) is 11.7. The number of ether oxygens (including phenoxy) is 2. The molecule has 0 bridgehead atoms. The van der Waals surface area contributed by atoms with Crippen molar-refractivity contribution in [2.75, 3.05) is 13.2 Å². The molecule has 4 heteroatoms. The molecule has 1 aliphatic carbocycles. The smallest absolute Gasteiger partial charge is 0.165 e. The van der Waals surface area contributed by atoms with Crippen molar-refractivity contribution < 1.29 is 14.6 Å². The second-order valence-corrected chi connectivity index (χ2v) is 6.25. The Morgan fingerprint density at radius 2 is 1.55 bits per heavy atom. The Morgan fingerprint density at radius 1 is 0.900 bits per heavy atom. The Morgan fingerprint density at radius 3 is 2.30 bits per heavy atom. The van der Waals surface area contributed by atoms with E-state index in [0.29, 0.717) is 19.0 Å². The van der Waals surface area contributed by atoms with Crippen LogP contribution in [-0.4, -0.2) is 18.3 Å². The maximum atomic E-state index is 10.4. The van der Waals surface area contributed by atoms with E-state index >= 15 is 0 Å². The highest BCUT2D eigenvalue weighted by Crippen LogP contribution is 2.53. The van der Waals surface area contributed by atoms with Crippen molar-refractivity contribution in [2.24, 2.45) is 5.73 Å². The monoisotopic (exact) mass is 275 g/mol. The van der Waals surface area contributed by atoms with Crippen LogP contribution in [0.3, 0.4) is 0 Å². The fourth-order valence-corrected chi connectivity index (χ4v) is 4.04. The van der Waals surface area contributed by atoms with Gasteiger partial charge in [-0.15, -0.1) is 0 Å². The molecular weight excluding hydrogens is 254 g/mol. The number of hydrogen-bond donors (Lipinski definition) is 2. The van der Waals surface area contributed by atoms with Gasteiger partial charge in [0, 0.05) is 35.1 Å². The number of fused-ring (bicyclic) bond motifs is 2. The first-order valence-corrected chi connectivity index (χ1v) is 7.66. The molecule has 0 amide bonds. The van der Waals surface area contributed by atoms with Gasteiger partial charge in [0.25, 0.3) is 0 Å². The molecule has 1 aromatic rings. The Balaban J connectivity index is 1.95. The molecule has 1 aromatic carbocycles. The highest BCUT2D eigenvalue weighted by atomic mass is 16.5. The first-order valence-electron chi connectivity index (χ1n) is 7.66. The predicted octanol–water partition coefficient (Wildman–Crippen LogP) is 2.38. The number of benzene rings is 1. The second-order valence-electron chi connectivity index (χ2n) is 6.25. The summed E-state index contributed by atoms with van der Waals surface area (Å²) in [5.41, 5.74) is 9.58. The van der Waals surface area contributed by atoms with Crippen LogP contribution in [0.2, 0.25) is 0 Å². The zero-order valence-corrected chi connectivity index (χ0v) is 11.7. The van der Waals surface area contributed by atoms with Crippen LogP contribution < -0.4 is 15.2 Å². The summed E-state index contributed by atoms with van der Waals surface area (Å²) in [6.07, 6.45) is 7.18. The van der Waals surface area contributed by atoms with Crippen molar-refractivity contribution in [2.45, 2.75) is 50.5 Å². The minimum absolute atomic E-state index is 0.285. The van der Waals surface area contributed by atoms with Crippen molar-refractivity contribution in [3.8, 4) is 17.2 Å². The highest BCUT2D eigenvalue weighted by molar-refractivity contribution is 5.66. The SMILES string of the molecule is NC1(c2c3c(c(O)c4c2OCC4)OCC3)CCCCC1. The molecule has 0 radical (unpaired) electrons. The molecule has 3 N–H and O–H groups in total. The van der Waals surface area contributed by atoms with Gasteiger partial charge in [-0.25, -0.2) is 0 Å². The molecule has 1 saturated carbocycles. The molecule has 3 aliphatic rings. The maximum Gasteiger partial charge on any atom is 0.165 e. The average Bonchev–Trinajstić information content (AvgIpc) is 3.08. The van der Waals surface area contributed by atoms with Gasteiger partial charge in [0.15, 0.2) is 11.5 Å². The third-order valence-electron chi connectivity index (χ3n) is 5.02. The van der Waals surface area contributed by atoms with Crippen LogP contribution in [0.4, 0.5) is 0 Å². The summed E-state index contributed by atoms with van der Waals surface area (Å²) in [6, 6.07) is 0. The van der Waals surface area contributed by atoms with Gasteiger partial charge in [-0.1, -0.05) is 19.3 Å². The van der Waals surface area contributed by atoms with E-state index in [2.05, 4.69) is 0 Å². The summed E-state index contributed by atoms with van der Waals surface area (Å²) in [7, 11) is 0. The van der Waals surface area contributed by atoms with E-state index in [1.807, 2.05) is 0 Å². The summed E-state index contributed by atoms with van der Waals surface area (Å²) in [5, 5.41) is 10.4. The van der Waals surface area contributed by atoms with E-state index in [9.17, 15) is 5.11 Å². The molecule has 4 nitrogen and oxygen atoms in total. The lowest BCUT2D eigenvalue weighted by molar-refractivity contribution is 0.281. The van der Waals surface area contributed by atoms with E-state index in [-0.39, 0.29) is 11.3 Å². The normalized spacial score (nSPS) is 22.9. The molecule has 0 aromatic heterocycles. The standard InChI is InChI=1S/C16H21NO3/c17-16(6-2-1-3-7-16)12-10-4-8-20-15(10)13(18)11-5-9-19-14(11)12/h18H,1-9,17H2. The van der Waals surface area contributed by atoms with E-state index in [4.69, 9.17) is 15.2 Å².